The number of anilines is 1. The van der Waals surface area contributed by atoms with Gasteiger partial charge in [-0.15, -0.1) is 0 Å². The molecule has 0 unspecified atom stereocenters. The fourth-order valence-corrected chi connectivity index (χ4v) is 5.91. The van der Waals surface area contributed by atoms with Gasteiger partial charge in [0.25, 0.3) is 5.91 Å². The maximum atomic E-state index is 13.2. The van der Waals surface area contributed by atoms with E-state index in [1.54, 1.807) is 29.2 Å². The van der Waals surface area contributed by atoms with E-state index in [0.29, 0.717) is 49.4 Å². The smallest absolute Gasteiger partial charge is 0.254 e. The van der Waals surface area contributed by atoms with Gasteiger partial charge in [-0.2, -0.15) is 0 Å². The van der Waals surface area contributed by atoms with Crippen LogP contribution in [0.5, 0.6) is 0 Å². The zero-order chi connectivity index (χ0) is 19.0. The molecule has 6 nitrogen and oxygen atoms in total. The minimum absolute atomic E-state index is 0.0371. The van der Waals surface area contributed by atoms with Gasteiger partial charge in [0, 0.05) is 18.7 Å². The van der Waals surface area contributed by atoms with E-state index in [1.165, 1.54) is 4.90 Å². The van der Waals surface area contributed by atoms with Crippen molar-refractivity contribution >= 4 is 23.4 Å². The van der Waals surface area contributed by atoms with Crippen molar-refractivity contribution in [2.75, 3.05) is 31.2 Å². The van der Waals surface area contributed by atoms with Gasteiger partial charge in [0.2, 0.25) is 11.8 Å². The minimum atomic E-state index is -0.194. The topological polar surface area (TPSA) is 66.9 Å². The Labute approximate surface area is 163 Å². The number of benzene rings is 1. The lowest BCUT2D eigenvalue weighted by Gasteiger charge is -2.37. The number of carbonyl (C=O) groups excluding carboxylic acids is 3. The van der Waals surface area contributed by atoms with Crippen molar-refractivity contribution in [1.82, 2.24) is 4.90 Å². The van der Waals surface area contributed by atoms with E-state index in [-0.39, 0.29) is 41.4 Å². The molecular formula is C22H22N2O4. The molecule has 6 heteroatoms. The highest BCUT2D eigenvalue weighted by molar-refractivity contribution is 6.22. The monoisotopic (exact) mass is 378 g/mol. The number of amides is 3. The summed E-state index contributed by atoms with van der Waals surface area (Å²) in [6, 6.07) is 6.91. The molecule has 7 rings (SSSR count). The van der Waals surface area contributed by atoms with Crippen LogP contribution in [0.15, 0.2) is 36.4 Å². The summed E-state index contributed by atoms with van der Waals surface area (Å²) in [6.07, 6.45) is 5.52. The quantitative estimate of drug-likeness (QED) is 0.581. The van der Waals surface area contributed by atoms with Crippen LogP contribution in [0, 0.1) is 35.5 Å². The Balaban J connectivity index is 1.26. The Morgan fingerprint density at radius 3 is 2.04 bits per heavy atom. The first-order valence-electron chi connectivity index (χ1n) is 10.2. The van der Waals surface area contributed by atoms with E-state index >= 15 is 0 Å². The second kappa shape index (κ2) is 5.77. The number of nitrogens with zero attached hydrogens (tertiary/aromatic N) is 2. The highest BCUT2D eigenvalue weighted by atomic mass is 16.5. The summed E-state index contributed by atoms with van der Waals surface area (Å²) in [6.45, 7) is 2.29. The molecule has 6 aliphatic rings. The average Bonchev–Trinajstić information content (AvgIpc) is 3.52. The summed E-state index contributed by atoms with van der Waals surface area (Å²) < 4.78 is 5.29. The third-order valence-electron chi connectivity index (χ3n) is 7.33. The van der Waals surface area contributed by atoms with Gasteiger partial charge in [-0.1, -0.05) is 12.2 Å². The largest absolute Gasteiger partial charge is 0.378 e. The third kappa shape index (κ3) is 2.15. The van der Waals surface area contributed by atoms with Gasteiger partial charge >= 0.3 is 0 Å². The number of hydrogen-bond acceptors (Lipinski definition) is 4. The normalized spacial score (nSPS) is 37.9. The number of morpholine rings is 1. The first-order valence-corrected chi connectivity index (χ1v) is 10.2. The molecule has 3 amide bonds. The van der Waals surface area contributed by atoms with Crippen molar-refractivity contribution in [3.63, 3.8) is 0 Å². The highest BCUT2D eigenvalue weighted by Gasteiger charge is 2.67. The molecule has 1 aromatic rings. The second-order valence-electron chi connectivity index (χ2n) is 8.62. The summed E-state index contributed by atoms with van der Waals surface area (Å²) in [5, 5.41) is 0. The molecule has 1 aromatic carbocycles. The zero-order valence-corrected chi connectivity index (χ0v) is 15.5. The van der Waals surface area contributed by atoms with E-state index in [9.17, 15) is 14.4 Å². The molecule has 2 aliphatic heterocycles. The van der Waals surface area contributed by atoms with Crippen molar-refractivity contribution in [3.05, 3.63) is 42.0 Å². The van der Waals surface area contributed by atoms with E-state index in [0.717, 1.165) is 6.42 Å². The number of hydrogen-bond donors (Lipinski definition) is 0. The van der Waals surface area contributed by atoms with Crippen LogP contribution in [0.25, 0.3) is 0 Å². The van der Waals surface area contributed by atoms with Gasteiger partial charge in [0.1, 0.15) is 0 Å². The lowest BCUT2D eigenvalue weighted by Crippen LogP contribution is -2.40. The molecule has 0 aromatic heterocycles. The molecule has 0 N–H and O–H groups in total. The number of ether oxygens (including phenoxy) is 1. The molecule has 2 saturated carbocycles. The number of allylic oxidation sites excluding steroid dienone is 2. The van der Waals surface area contributed by atoms with Crippen LogP contribution in [0.1, 0.15) is 16.8 Å². The maximum absolute atomic E-state index is 13.2. The molecule has 28 heavy (non-hydrogen) atoms. The van der Waals surface area contributed by atoms with Crippen molar-refractivity contribution in [3.8, 4) is 0 Å². The standard InChI is InChI=1S/C22H22N2O4/c25-20(23-7-9-28-10-8-23)12-1-3-13(4-2-12)24-21(26)18-14-5-6-15(17-11-16(14)17)19(18)22(24)27/h1-6,14-19H,7-11H2/t14-,15-,16-,17+,18-,19+/m0/s1. The molecule has 4 aliphatic carbocycles. The first-order chi connectivity index (χ1) is 13.6. The third-order valence-corrected chi connectivity index (χ3v) is 7.33. The minimum Gasteiger partial charge on any atom is -0.378 e. The van der Waals surface area contributed by atoms with Gasteiger partial charge < -0.3 is 9.64 Å². The van der Waals surface area contributed by atoms with Gasteiger partial charge in [0.05, 0.1) is 30.7 Å². The molecular weight excluding hydrogens is 356 g/mol. The molecule has 0 spiro atoms. The summed E-state index contributed by atoms with van der Waals surface area (Å²) in [7, 11) is 0. The van der Waals surface area contributed by atoms with Gasteiger partial charge in [-0.3, -0.25) is 19.3 Å². The Morgan fingerprint density at radius 1 is 0.893 bits per heavy atom. The summed E-state index contributed by atoms with van der Waals surface area (Å²) in [4.78, 5) is 42.1. The number of rotatable bonds is 2. The van der Waals surface area contributed by atoms with E-state index < -0.39 is 0 Å². The van der Waals surface area contributed by atoms with Crippen LogP contribution in [-0.4, -0.2) is 48.9 Å². The SMILES string of the molecule is O=C(c1ccc(N2C(=O)[C@@H]3[C@H]4C=C[C@@H]([C@@H]5C[C@H]45)[C@@H]3C2=O)cc1)N1CCOCC1. The summed E-state index contributed by atoms with van der Waals surface area (Å²) in [5.74, 6) is 1.10. The predicted octanol–water partition coefficient (Wildman–Crippen LogP) is 1.72. The van der Waals surface area contributed by atoms with Crippen molar-refractivity contribution in [2.24, 2.45) is 35.5 Å². The molecule has 2 bridgehead atoms. The average molecular weight is 378 g/mol. The van der Waals surface area contributed by atoms with Crippen LogP contribution in [0.4, 0.5) is 5.69 Å². The second-order valence-corrected chi connectivity index (χ2v) is 8.62. The fraction of sp³-hybridized carbons (Fsp3) is 0.500. The molecule has 2 heterocycles. The van der Waals surface area contributed by atoms with Crippen molar-refractivity contribution in [1.29, 1.82) is 0 Å². The lowest BCUT2D eigenvalue weighted by atomic mass is 9.63. The van der Waals surface area contributed by atoms with Crippen molar-refractivity contribution in [2.45, 2.75) is 6.42 Å². The van der Waals surface area contributed by atoms with Gasteiger partial charge in [-0.25, -0.2) is 0 Å². The zero-order valence-electron chi connectivity index (χ0n) is 15.5. The lowest BCUT2D eigenvalue weighted by molar-refractivity contribution is -0.124. The Morgan fingerprint density at radius 2 is 1.46 bits per heavy atom. The number of carbonyl (C=O) groups is 3. The van der Waals surface area contributed by atoms with E-state index in [2.05, 4.69) is 12.2 Å². The maximum Gasteiger partial charge on any atom is 0.254 e. The molecule has 144 valence electrons. The molecule has 0 radical (unpaired) electrons. The first kappa shape index (κ1) is 16.5. The van der Waals surface area contributed by atoms with Crippen molar-refractivity contribution < 1.29 is 19.1 Å². The van der Waals surface area contributed by atoms with E-state index in [4.69, 9.17) is 4.74 Å². The van der Waals surface area contributed by atoms with Gasteiger partial charge in [0.15, 0.2) is 0 Å². The Kier molecular flexibility index (Phi) is 3.39. The van der Waals surface area contributed by atoms with E-state index in [1.807, 2.05) is 0 Å². The molecule has 2 saturated heterocycles. The Hall–Kier alpha value is -2.47. The summed E-state index contributed by atoms with van der Waals surface area (Å²) in [5.41, 5.74) is 1.15. The predicted molar refractivity (Wildman–Crippen MR) is 100 cm³/mol. The fourth-order valence-electron chi connectivity index (χ4n) is 5.91. The van der Waals surface area contributed by atoms with Crippen LogP contribution >= 0.6 is 0 Å². The van der Waals surface area contributed by atoms with Gasteiger partial charge in [-0.05, 0) is 54.4 Å². The Bertz CT molecular complexity index is 866. The molecule has 6 atom stereocenters. The van der Waals surface area contributed by atoms with Crippen LogP contribution in [-0.2, 0) is 14.3 Å². The number of imide groups is 1. The summed E-state index contributed by atoms with van der Waals surface area (Å²) >= 11 is 0. The molecule has 4 fully saturated rings. The van der Waals surface area contributed by atoms with Crippen LogP contribution < -0.4 is 4.90 Å². The van der Waals surface area contributed by atoms with Crippen LogP contribution in [0.3, 0.4) is 0 Å². The van der Waals surface area contributed by atoms with Crippen LogP contribution in [0.2, 0.25) is 0 Å². The highest BCUT2D eigenvalue weighted by Crippen LogP contribution is 2.65.